The summed E-state index contributed by atoms with van der Waals surface area (Å²) in [7, 11) is 0. The molecule has 1 aromatic rings. The van der Waals surface area contributed by atoms with Crippen molar-refractivity contribution >= 4 is 12.2 Å². The molecule has 0 saturated heterocycles. The van der Waals surface area contributed by atoms with Crippen molar-refractivity contribution < 1.29 is 9.90 Å². The second-order valence-corrected chi connectivity index (χ2v) is 9.82. The highest BCUT2D eigenvalue weighted by Gasteiger charge is 2.49. The molecule has 0 radical (unpaired) electrons. The molecule has 1 fully saturated rings. The van der Waals surface area contributed by atoms with E-state index in [2.05, 4.69) is 58.3 Å². The zero-order valence-corrected chi connectivity index (χ0v) is 18.1. The number of aliphatic carboxylic acids is 1. The lowest BCUT2D eigenvalue weighted by atomic mass is 9.62. The molecule has 1 N–H and O–H groups in total. The number of aryl methyl sites for hydroxylation is 1. The summed E-state index contributed by atoms with van der Waals surface area (Å²) in [5, 5.41) is 9.22. The van der Waals surface area contributed by atoms with Crippen LogP contribution in [0.2, 0.25) is 0 Å². The standard InChI is InChI=1S/C25H33NO2/c1-8-18(22(27)28)15-26-17(3)25(11-12-25)19-14-21-20(13-16(19)2)23(4,5)9-10-24(21,6)7/h8,13-15H,3,9-12H2,1-2,4-7H3,(H,27,28)/b18-8+,26-15?. The van der Waals surface area contributed by atoms with E-state index in [0.29, 0.717) is 0 Å². The third-order valence-electron chi connectivity index (χ3n) is 6.93. The summed E-state index contributed by atoms with van der Waals surface area (Å²) < 4.78 is 0. The first-order valence-corrected chi connectivity index (χ1v) is 10.2. The maximum Gasteiger partial charge on any atom is 0.336 e. The normalized spacial score (nSPS) is 22.0. The first-order chi connectivity index (χ1) is 12.9. The fraction of sp³-hybridized carbons (Fsp3) is 0.520. The van der Waals surface area contributed by atoms with E-state index in [1.54, 1.807) is 13.0 Å². The zero-order valence-electron chi connectivity index (χ0n) is 18.1. The summed E-state index contributed by atoms with van der Waals surface area (Å²) in [6.45, 7) is 17.5. The molecular weight excluding hydrogens is 346 g/mol. The average molecular weight is 380 g/mol. The van der Waals surface area contributed by atoms with E-state index in [1.165, 1.54) is 41.3 Å². The molecule has 1 aromatic carbocycles. The molecule has 3 rings (SSSR count). The maximum atomic E-state index is 11.2. The third-order valence-corrected chi connectivity index (χ3v) is 6.93. The number of carboxylic acids is 1. The molecule has 1 saturated carbocycles. The summed E-state index contributed by atoms with van der Waals surface area (Å²) in [4.78, 5) is 15.7. The molecule has 2 aliphatic rings. The number of benzene rings is 1. The molecule has 28 heavy (non-hydrogen) atoms. The van der Waals surface area contributed by atoms with Crippen LogP contribution in [-0.4, -0.2) is 17.3 Å². The molecule has 0 unspecified atom stereocenters. The van der Waals surface area contributed by atoms with Crippen LogP contribution in [0.15, 0.2) is 41.1 Å². The minimum absolute atomic E-state index is 0.148. The van der Waals surface area contributed by atoms with Gasteiger partial charge in [0.25, 0.3) is 0 Å². The van der Waals surface area contributed by atoms with Crippen LogP contribution < -0.4 is 0 Å². The van der Waals surface area contributed by atoms with Crippen LogP contribution in [0, 0.1) is 6.92 Å². The van der Waals surface area contributed by atoms with Gasteiger partial charge in [0.05, 0.1) is 5.57 Å². The Morgan fingerprint density at radius 1 is 1.04 bits per heavy atom. The Morgan fingerprint density at radius 3 is 2.04 bits per heavy atom. The van der Waals surface area contributed by atoms with Crippen LogP contribution in [0.4, 0.5) is 0 Å². The fourth-order valence-corrected chi connectivity index (χ4v) is 4.60. The van der Waals surface area contributed by atoms with Crippen LogP contribution in [0.3, 0.4) is 0 Å². The number of carbonyl (C=O) groups is 1. The molecule has 0 aliphatic heterocycles. The van der Waals surface area contributed by atoms with E-state index in [9.17, 15) is 9.90 Å². The van der Waals surface area contributed by atoms with Gasteiger partial charge < -0.3 is 5.11 Å². The lowest BCUT2D eigenvalue weighted by Gasteiger charge is -2.43. The van der Waals surface area contributed by atoms with Crippen molar-refractivity contribution in [2.45, 2.75) is 83.5 Å². The van der Waals surface area contributed by atoms with E-state index in [0.717, 1.165) is 18.5 Å². The van der Waals surface area contributed by atoms with Crippen molar-refractivity contribution in [3.8, 4) is 0 Å². The van der Waals surface area contributed by atoms with Crippen molar-refractivity contribution in [3.63, 3.8) is 0 Å². The van der Waals surface area contributed by atoms with Gasteiger partial charge in [0.15, 0.2) is 0 Å². The lowest BCUT2D eigenvalue weighted by molar-refractivity contribution is -0.132. The highest BCUT2D eigenvalue weighted by Crippen LogP contribution is 2.56. The second-order valence-electron chi connectivity index (χ2n) is 9.82. The van der Waals surface area contributed by atoms with E-state index in [-0.39, 0.29) is 21.8 Å². The topological polar surface area (TPSA) is 49.7 Å². The van der Waals surface area contributed by atoms with Gasteiger partial charge in [0.2, 0.25) is 0 Å². The van der Waals surface area contributed by atoms with Gasteiger partial charge in [0, 0.05) is 17.3 Å². The zero-order chi connectivity index (χ0) is 20.9. The number of aliphatic imine (C=N–C) groups is 1. The average Bonchev–Trinajstić information content (AvgIpc) is 3.40. The van der Waals surface area contributed by atoms with Crippen LogP contribution in [0.1, 0.15) is 82.6 Å². The van der Waals surface area contributed by atoms with Gasteiger partial charge in [-0.25, -0.2) is 4.79 Å². The summed E-state index contributed by atoms with van der Waals surface area (Å²) in [6, 6.07) is 4.80. The predicted octanol–water partition coefficient (Wildman–Crippen LogP) is 5.99. The van der Waals surface area contributed by atoms with Gasteiger partial charge in [0.1, 0.15) is 0 Å². The Balaban J connectivity index is 2.04. The minimum atomic E-state index is -0.960. The minimum Gasteiger partial charge on any atom is -0.478 e. The summed E-state index contributed by atoms with van der Waals surface area (Å²) in [5.41, 5.74) is 6.71. The number of fused-ring (bicyclic) bond motifs is 1. The smallest absolute Gasteiger partial charge is 0.336 e. The molecule has 150 valence electrons. The van der Waals surface area contributed by atoms with E-state index >= 15 is 0 Å². The largest absolute Gasteiger partial charge is 0.478 e. The van der Waals surface area contributed by atoms with Crippen molar-refractivity contribution in [3.05, 3.63) is 58.3 Å². The van der Waals surface area contributed by atoms with Crippen LogP contribution >= 0.6 is 0 Å². The molecule has 0 amide bonds. The molecule has 2 aliphatic carbocycles. The van der Waals surface area contributed by atoms with Gasteiger partial charge in [-0.1, -0.05) is 52.5 Å². The molecule has 0 heterocycles. The number of nitrogens with zero attached hydrogens (tertiary/aromatic N) is 1. The first-order valence-electron chi connectivity index (χ1n) is 10.2. The van der Waals surface area contributed by atoms with Gasteiger partial charge in [-0.2, -0.15) is 0 Å². The summed E-state index contributed by atoms with van der Waals surface area (Å²) in [5.74, 6) is -0.960. The Labute approximate surface area is 169 Å². The predicted molar refractivity (Wildman–Crippen MR) is 116 cm³/mol. The van der Waals surface area contributed by atoms with Gasteiger partial charge in [-0.05, 0) is 72.6 Å². The van der Waals surface area contributed by atoms with Crippen molar-refractivity contribution in [2.24, 2.45) is 4.99 Å². The van der Waals surface area contributed by atoms with Crippen molar-refractivity contribution in [2.75, 3.05) is 0 Å². The Hall–Kier alpha value is -2.16. The third kappa shape index (κ3) is 3.36. The second kappa shape index (κ2) is 6.72. The molecular formula is C25H33NO2. The Bertz CT molecular complexity index is 895. The van der Waals surface area contributed by atoms with Crippen LogP contribution in [0.5, 0.6) is 0 Å². The number of hydrogen-bond donors (Lipinski definition) is 1. The van der Waals surface area contributed by atoms with Crippen LogP contribution in [-0.2, 0) is 21.0 Å². The lowest BCUT2D eigenvalue weighted by Crippen LogP contribution is -2.34. The quantitative estimate of drug-likeness (QED) is 0.504. The number of hydrogen-bond acceptors (Lipinski definition) is 2. The highest BCUT2D eigenvalue weighted by molar-refractivity contribution is 6.08. The molecule has 0 spiro atoms. The molecule has 0 aromatic heterocycles. The van der Waals surface area contributed by atoms with Crippen LogP contribution in [0.25, 0.3) is 0 Å². The van der Waals surface area contributed by atoms with E-state index < -0.39 is 5.97 Å². The van der Waals surface area contributed by atoms with Crippen molar-refractivity contribution in [1.29, 1.82) is 0 Å². The molecule has 0 atom stereocenters. The van der Waals surface area contributed by atoms with E-state index in [1.807, 2.05) is 0 Å². The monoisotopic (exact) mass is 379 g/mol. The maximum absolute atomic E-state index is 11.2. The SMILES string of the molecule is C=C(N=C/C(=C\C)C(=O)O)C1(c2cc3c(cc2C)C(C)(C)CCC3(C)C)CC1. The molecule has 3 heteroatoms. The first kappa shape index (κ1) is 20.6. The number of carboxylic acid groups (broad SMARTS) is 1. The van der Waals surface area contributed by atoms with Crippen molar-refractivity contribution in [1.82, 2.24) is 0 Å². The fourth-order valence-electron chi connectivity index (χ4n) is 4.60. The Morgan fingerprint density at radius 2 is 1.57 bits per heavy atom. The molecule has 3 nitrogen and oxygen atoms in total. The summed E-state index contributed by atoms with van der Waals surface area (Å²) in [6.07, 6.45) is 7.43. The van der Waals surface area contributed by atoms with Gasteiger partial charge >= 0.3 is 5.97 Å². The van der Waals surface area contributed by atoms with Gasteiger partial charge in [-0.15, -0.1) is 0 Å². The number of allylic oxidation sites excluding steroid dienone is 2. The molecule has 0 bridgehead atoms. The Kier molecular flexibility index (Phi) is 4.94. The van der Waals surface area contributed by atoms with E-state index in [4.69, 9.17) is 0 Å². The van der Waals surface area contributed by atoms with Gasteiger partial charge in [-0.3, -0.25) is 4.99 Å². The summed E-state index contributed by atoms with van der Waals surface area (Å²) >= 11 is 0. The number of rotatable bonds is 5. The highest BCUT2D eigenvalue weighted by atomic mass is 16.4.